The summed E-state index contributed by atoms with van der Waals surface area (Å²) >= 11 is 1.22. The quantitative estimate of drug-likeness (QED) is 0.658. The molecule has 10 heavy (non-hydrogen) atoms. The highest BCUT2D eigenvalue weighted by molar-refractivity contribution is 7.08. The van der Waals surface area contributed by atoms with Gasteiger partial charge in [-0.3, -0.25) is 4.79 Å². The van der Waals surface area contributed by atoms with Gasteiger partial charge in [0.15, 0.2) is 5.78 Å². The summed E-state index contributed by atoms with van der Waals surface area (Å²) in [6, 6.07) is 1.74. The largest absolute Gasteiger partial charge is 0.372 e. The van der Waals surface area contributed by atoms with Gasteiger partial charge in [-0.1, -0.05) is 0 Å². The Morgan fingerprint density at radius 1 is 1.80 bits per heavy atom. The molecule has 0 aliphatic carbocycles. The van der Waals surface area contributed by atoms with Crippen LogP contribution in [0, 0.1) is 0 Å². The lowest BCUT2D eigenvalue weighted by Gasteiger charge is -1.85. The van der Waals surface area contributed by atoms with Crippen molar-refractivity contribution >= 4 is 23.1 Å². The second-order valence-corrected chi connectivity index (χ2v) is 2.69. The summed E-state index contributed by atoms with van der Waals surface area (Å²) in [5, 5.41) is 2.85. The van der Waals surface area contributed by atoms with Crippen LogP contribution in [0.1, 0.15) is 16.6 Å². The van der Waals surface area contributed by atoms with Gasteiger partial charge < -0.3 is 5.32 Å². The van der Waals surface area contributed by atoms with Crippen LogP contribution in [0.5, 0.6) is 0 Å². The lowest BCUT2D eigenvalue weighted by atomic mass is 10.3. The first kappa shape index (κ1) is 7.21. The molecule has 1 aromatic rings. The highest BCUT2D eigenvalue weighted by Crippen LogP contribution is 2.13. The summed E-state index contributed by atoms with van der Waals surface area (Å²) in [7, 11) is 1.78. The van der Waals surface area contributed by atoms with Crippen molar-refractivity contribution in [3.63, 3.8) is 0 Å². The molecule has 0 saturated carbocycles. The minimum atomic E-state index is 0.0685. The van der Waals surface area contributed by atoms with Gasteiger partial charge in [-0.15, -0.1) is 0 Å². The maximum Gasteiger partial charge on any atom is 0.171 e. The maximum atomic E-state index is 10.7. The summed E-state index contributed by atoms with van der Waals surface area (Å²) in [5.74, 6) is 0.828. The van der Waals surface area contributed by atoms with Crippen molar-refractivity contribution in [2.24, 2.45) is 0 Å². The molecule has 0 fully saturated rings. The first-order valence-corrected chi connectivity index (χ1v) is 3.67. The van der Waals surface area contributed by atoms with E-state index in [1.807, 2.05) is 0 Å². The number of aromatic nitrogens is 1. The Morgan fingerprint density at radius 3 is 2.80 bits per heavy atom. The molecule has 0 unspecified atom stereocenters. The number of Topliss-reactive ketones (excluding diaryl/α,β-unsaturated/α-hetero) is 1. The van der Waals surface area contributed by atoms with Crippen molar-refractivity contribution < 1.29 is 4.79 Å². The number of carbonyl (C=O) groups excluding carboxylic acids is 1. The van der Waals surface area contributed by atoms with Crippen LogP contribution in [-0.4, -0.2) is 17.2 Å². The Kier molecular flexibility index (Phi) is 2.01. The zero-order valence-electron chi connectivity index (χ0n) is 5.84. The Bertz CT molecular complexity index is 244. The third-order valence-electron chi connectivity index (χ3n) is 1.11. The average molecular weight is 156 g/mol. The lowest BCUT2D eigenvalue weighted by Crippen LogP contribution is -1.87. The van der Waals surface area contributed by atoms with Crippen molar-refractivity contribution in [2.75, 3.05) is 12.4 Å². The molecule has 0 bridgehead atoms. The molecule has 4 heteroatoms. The van der Waals surface area contributed by atoms with Gasteiger partial charge in [-0.25, -0.2) is 0 Å². The van der Waals surface area contributed by atoms with Crippen LogP contribution in [-0.2, 0) is 0 Å². The Hall–Kier alpha value is -0.900. The smallest absolute Gasteiger partial charge is 0.171 e. The third kappa shape index (κ3) is 1.33. The van der Waals surface area contributed by atoms with Crippen LogP contribution in [0.15, 0.2) is 6.07 Å². The van der Waals surface area contributed by atoms with Gasteiger partial charge in [0.1, 0.15) is 5.82 Å². The molecule has 1 rings (SSSR count). The van der Waals surface area contributed by atoms with Gasteiger partial charge in [-0.05, 0) is 11.5 Å². The Morgan fingerprint density at radius 2 is 2.50 bits per heavy atom. The van der Waals surface area contributed by atoms with E-state index in [9.17, 15) is 4.79 Å². The molecule has 0 saturated heterocycles. The topological polar surface area (TPSA) is 42.0 Å². The third-order valence-corrected chi connectivity index (χ3v) is 2.00. The van der Waals surface area contributed by atoms with Crippen molar-refractivity contribution in [1.29, 1.82) is 0 Å². The molecule has 0 atom stereocenters. The summed E-state index contributed by atoms with van der Waals surface area (Å²) in [4.78, 5) is 11.4. The molecule has 1 N–H and O–H groups in total. The number of rotatable bonds is 2. The predicted molar refractivity (Wildman–Crippen MR) is 41.7 cm³/mol. The van der Waals surface area contributed by atoms with Crippen LogP contribution in [0.25, 0.3) is 0 Å². The molecule has 1 heterocycles. The number of hydrogen-bond acceptors (Lipinski definition) is 4. The van der Waals surface area contributed by atoms with Crippen molar-refractivity contribution in [3.05, 3.63) is 10.9 Å². The van der Waals surface area contributed by atoms with Gasteiger partial charge >= 0.3 is 0 Å². The van der Waals surface area contributed by atoms with Crippen LogP contribution in [0.4, 0.5) is 5.82 Å². The van der Waals surface area contributed by atoms with E-state index in [1.165, 1.54) is 18.5 Å². The Balaban J connectivity index is 2.88. The van der Waals surface area contributed by atoms with E-state index < -0.39 is 0 Å². The predicted octanol–water partition coefficient (Wildman–Crippen LogP) is 1.39. The SMILES string of the molecule is CNc1cc(C(C)=O)sn1. The van der Waals surface area contributed by atoms with Crippen LogP contribution in [0.3, 0.4) is 0 Å². The second kappa shape index (κ2) is 2.79. The van der Waals surface area contributed by atoms with Crippen LogP contribution < -0.4 is 5.32 Å². The second-order valence-electron chi connectivity index (χ2n) is 1.88. The van der Waals surface area contributed by atoms with Gasteiger partial charge in [0.2, 0.25) is 0 Å². The molecule has 0 radical (unpaired) electrons. The van der Waals surface area contributed by atoms with Gasteiger partial charge in [0.05, 0.1) is 4.88 Å². The van der Waals surface area contributed by atoms with E-state index >= 15 is 0 Å². The zero-order chi connectivity index (χ0) is 7.56. The summed E-state index contributed by atoms with van der Waals surface area (Å²) in [6.07, 6.45) is 0. The van der Waals surface area contributed by atoms with E-state index in [2.05, 4.69) is 9.69 Å². The van der Waals surface area contributed by atoms with E-state index in [1.54, 1.807) is 13.1 Å². The standard InChI is InChI=1S/C6H8N2OS/c1-4(9)5-3-6(7-2)8-10-5/h3H,1-2H3,(H,7,8). The first-order valence-electron chi connectivity index (χ1n) is 2.89. The fraction of sp³-hybridized carbons (Fsp3) is 0.333. The van der Waals surface area contributed by atoms with E-state index in [0.29, 0.717) is 4.88 Å². The monoisotopic (exact) mass is 156 g/mol. The molecule has 0 aliphatic heterocycles. The fourth-order valence-electron chi connectivity index (χ4n) is 0.559. The highest BCUT2D eigenvalue weighted by atomic mass is 32.1. The molecule has 0 spiro atoms. The minimum Gasteiger partial charge on any atom is -0.372 e. The van der Waals surface area contributed by atoms with Crippen LogP contribution >= 0.6 is 11.5 Å². The number of hydrogen-bond donors (Lipinski definition) is 1. The van der Waals surface area contributed by atoms with Gasteiger partial charge in [0.25, 0.3) is 0 Å². The average Bonchev–Trinajstić information content (AvgIpc) is 2.34. The lowest BCUT2D eigenvalue weighted by molar-refractivity contribution is 0.102. The van der Waals surface area contributed by atoms with Crippen LogP contribution in [0.2, 0.25) is 0 Å². The molecule has 0 aliphatic rings. The number of nitrogens with one attached hydrogen (secondary N) is 1. The number of anilines is 1. The molecular weight excluding hydrogens is 148 g/mol. The fourth-order valence-corrected chi connectivity index (χ4v) is 1.19. The van der Waals surface area contributed by atoms with E-state index in [-0.39, 0.29) is 5.78 Å². The summed E-state index contributed by atoms with van der Waals surface area (Å²) < 4.78 is 3.97. The molecule has 54 valence electrons. The number of carbonyl (C=O) groups is 1. The van der Waals surface area contributed by atoms with Gasteiger partial charge in [-0.2, -0.15) is 4.37 Å². The van der Waals surface area contributed by atoms with Crippen molar-refractivity contribution in [1.82, 2.24) is 4.37 Å². The van der Waals surface area contributed by atoms with E-state index in [4.69, 9.17) is 0 Å². The first-order chi connectivity index (χ1) is 4.74. The van der Waals surface area contributed by atoms with Crippen molar-refractivity contribution in [2.45, 2.75) is 6.92 Å². The molecule has 0 aromatic carbocycles. The number of ketones is 1. The normalized spacial score (nSPS) is 9.40. The van der Waals surface area contributed by atoms with Gasteiger partial charge in [0, 0.05) is 20.0 Å². The molecular formula is C6H8N2OS. The molecule has 0 amide bonds. The van der Waals surface area contributed by atoms with E-state index in [0.717, 1.165) is 5.82 Å². The minimum absolute atomic E-state index is 0.0685. The Labute approximate surface area is 63.2 Å². The van der Waals surface area contributed by atoms with Crippen molar-refractivity contribution in [3.8, 4) is 0 Å². The number of nitrogens with zero attached hydrogens (tertiary/aromatic N) is 1. The maximum absolute atomic E-state index is 10.7. The highest BCUT2D eigenvalue weighted by Gasteiger charge is 2.02. The zero-order valence-corrected chi connectivity index (χ0v) is 6.66. The summed E-state index contributed by atoms with van der Waals surface area (Å²) in [6.45, 7) is 1.53. The summed E-state index contributed by atoms with van der Waals surface area (Å²) in [5.41, 5.74) is 0. The molecule has 3 nitrogen and oxygen atoms in total. The molecule has 1 aromatic heterocycles.